The third-order valence-corrected chi connectivity index (χ3v) is 3.90. The van der Waals surface area contributed by atoms with Crippen LogP contribution in [-0.4, -0.2) is 9.38 Å². The van der Waals surface area contributed by atoms with Gasteiger partial charge in [-0.25, -0.2) is 9.37 Å². The normalized spacial score (nSPS) is 11.4. The first-order chi connectivity index (χ1) is 12.2. The molecule has 0 amide bonds. The van der Waals surface area contributed by atoms with E-state index in [0.29, 0.717) is 27.9 Å². The van der Waals surface area contributed by atoms with E-state index in [1.807, 2.05) is 36.4 Å². The van der Waals surface area contributed by atoms with Crippen molar-refractivity contribution in [1.29, 1.82) is 0 Å². The first-order valence-electron chi connectivity index (χ1n) is 7.61. The monoisotopic (exact) mass is 350 g/mol. The topological polar surface area (TPSA) is 42.0 Å². The molecular formula is C19H12ClFN4. The van der Waals surface area contributed by atoms with Crippen LogP contribution in [0.4, 0.5) is 15.9 Å². The summed E-state index contributed by atoms with van der Waals surface area (Å²) in [5.74, 6) is 0.175. The van der Waals surface area contributed by atoms with Crippen LogP contribution in [0.5, 0.6) is 0 Å². The summed E-state index contributed by atoms with van der Waals surface area (Å²) >= 11 is 6.11. The lowest BCUT2D eigenvalue weighted by atomic mass is 10.1. The molecule has 4 aromatic rings. The Morgan fingerprint density at radius 2 is 1.76 bits per heavy atom. The Morgan fingerprint density at radius 1 is 0.920 bits per heavy atom. The quantitative estimate of drug-likeness (QED) is 0.405. The summed E-state index contributed by atoms with van der Waals surface area (Å²) in [5.41, 5.74) is 2.73. The fourth-order valence-electron chi connectivity index (χ4n) is 2.54. The molecule has 0 radical (unpaired) electrons. The van der Waals surface area contributed by atoms with Crippen molar-refractivity contribution in [2.24, 2.45) is 10.2 Å². The Balaban J connectivity index is 1.89. The van der Waals surface area contributed by atoms with Gasteiger partial charge in [-0.1, -0.05) is 48.0 Å². The number of hydrogen-bond donors (Lipinski definition) is 0. The molecule has 2 aromatic carbocycles. The summed E-state index contributed by atoms with van der Waals surface area (Å²) in [7, 11) is 0. The maximum Gasteiger partial charge on any atom is 0.187 e. The van der Waals surface area contributed by atoms with Crippen LogP contribution in [0.25, 0.3) is 16.9 Å². The van der Waals surface area contributed by atoms with E-state index in [1.165, 1.54) is 12.1 Å². The van der Waals surface area contributed by atoms with Crippen molar-refractivity contribution in [2.75, 3.05) is 0 Å². The standard InChI is InChI=1S/C19H12ClFN4/c20-14-9-10-17-22-18(13-5-2-1-3-6-13)19(25(17)12-14)24-23-16-8-4-7-15(21)11-16/h1-12H. The van der Waals surface area contributed by atoms with Crippen molar-refractivity contribution in [2.45, 2.75) is 0 Å². The molecule has 0 aliphatic carbocycles. The molecule has 4 rings (SSSR count). The van der Waals surface area contributed by atoms with Crippen molar-refractivity contribution in [3.05, 3.63) is 83.8 Å². The highest BCUT2D eigenvalue weighted by atomic mass is 35.5. The highest BCUT2D eigenvalue weighted by molar-refractivity contribution is 6.30. The fourth-order valence-corrected chi connectivity index (χ4v) is 2.70. The molecular weight excluding hydrogens is 339 g/mol. The summed E-state index contributed by atoms with van der Waals surface area (Å²) < 4.78 is 15.1. The van der Waals surface area contributed by atoms with Gasteiger partial charge in [0.25, 0.3) is 0 Å². The van der Waals surface area contributed by atoms with Crippen LogP contribution in [0.2, 0.25) is 5.02 Å². The van der Waals surface area contributed by atoms with Crippen LogP contribution in [-0.2, 0) is 0 Å². The van der Waals surface area contributed by atoms with Crippen molar-refractivity contribution in [3.63, 3.8) is 0 Å². The van der Waals surface area contributed by atoms with Gasteiger partial charge >= 0.3 is 0 Å². The predicted octanol–water partition coefficient (Wildman–Crippen LogP) is 6.21. The zero-order valence-electron chi connectivity index (χ0n) is 13.0. The molecule has 4 nitrogen and oxygen atoms in total. The number of fused-ring (bicyclic) bond motifs is 1. The first-order valence-corrected chi connectivity index (χ1v) is 7.99. The minimum absolute atomic E-state index is 0.360. The van der Waals surface area contributed by atoms with E-state index in [9.17, 15) is 4.39 Å². The van der Waals surface area contributed by atoms with Crippen LogP contribution in [0.3, 0.4) is 0 Å². The molecule has 122 valence electrons. The predicted molar refractivity (Wildman–Crippen MR) is 96.2 cm³/mol. The average Bonchev–Trinajstić information content (AvgIpc) is 2.98. The molecule has 0 atom stereocenters. The minimum atomic E-state index is -0.360. The maximum absolute atomic E-state index is 13.3. The highest BCUT2D eigenvalue weighted by Gasteiger charge is 2.14. The summed E-state index contributed by atoms with van der Waals surface area (Å²) in [5, 5.41) is 9.04. The van der Waals surface area contributed by atoms with Crippen molar-refractivity contribution >= 4 is 28.8 Å². The highest BCUT2D eigenvalue weighted by Crippen LogP contribution is 2.33. The molecule has 0 aliphatic heterocycles. The summed E-state index contributed by atoms with van der Waals surface area (Å²) in [6, 6.07) is 19.2. The van der Waals surface area contributed by atoms with E-state index in [1.54, 1.807) is 28.8 Å². The van der Waals surface area contributed by atoms with Gasteiger partial charge in [0.2, 0.25) is 0 Å². The Kier molecular flexibility index (Phi) is 3.99. The molecule has 2 aromatic heterocycles. The maximum atomic E-state index is 13.3. The molecule has 0 unspecified atom stereocenters. The fraction of sp³-hybridized carbons (Fsp3) is 0. The second-order valence-corrected chi connectivity index (χ2v) is 5.84. The first kappa shape index (κ1) is 15.5. The lowest BCUT2D eigenvalue weighted by Gasteiger charge is -2.00. The smallest absolute Gasteiger partial charge is 0.187 e. The Bertz CT molecular complexity index is 1070. The van der Waals surface area contributed by atoms with Crippen LogP contribution in [0.1, 0.15) is 0 Å². The van der Waals surface area contributed by atoms with Gasteiger partial charge in [0.05, 0.1) is 10.7 Å². The molecule has 0 fully saturated rings. The Morgan fingerprint density at radius 3 is 2.56 bits per heavy atom. The van der Waals surface area contributed by atoms with Gasteiger partial charge in [-0.15, -0.1) is 10.2 Å². The molecule has 0 bridgehead atoms. The van der Waals surface area contributed by atoms with E-state index < -0.39 is 0 Å². The second kappa shape index (κ2) is 6.45. The number of pyridine rings is 1. The third-order valence-electron chi connectivity index (χ3n) is 3.67. The van der Waals surface area contributed by atoms with E-state index in [-0.39, 0.29) is 5.82 Å². The number of benzene rings is 2. The number of hydrogen-bond acceptors (Lipinski definition) is 3. The van der Waals surface area contributed by atoms with Gasteiger partial charge in [-0.2, -0.15) is 0 Å². The summed E-state index contributed by atoms with van der Waals surface area (Å²) in [6.45, 7) is 0. The molecule has 0 saturated heterocycles. The zero-order chi connectivity index (χ0) is 17.2. The number of nitrogens with zero attached hydrogens (tertiary/aromatic N) is 4. The van der Waals surface area contributed by atoms with Crippen LogP contribution in [0, 0.1) is 5.82 Å². The Hall–Kier alpha value is -3.05. The summed E-state index contributed by atoms with van der Waals surface area (Å²) in [6.07, 6.45) is 1.73. The largest absolute Gasteiger partial charge is 0.281 e. The lowest BCUT2D eigenvalue weighted by Crippen LogP contribution is -1.83. The van der Waals surface area contributed by atoms with Crippen molar-refractivity contribution < 1.29 is 4.39 Å². The van der Waals surface area contributed by atoms with Gasteiger partial charge in [0.15, 0.2) is 5.82 Å². The SMILES string of the molecule is Fc1cccc(N=Nc2c(-c3ccccc3)nc3ccc(Cl)cn23)c1. The van der Waals surface area contributed by atoms with E-state index >= 15 is 0 Å². The van der Waals surface area contributed by atoms with Gasteiger partial charge in [0, 0.05) is 17.8 Å². The third kappa shape index (κ3) is 3.14. The number of rotatable bonds is 3. The van der Waals surface area contributed by atoms with E-state index in [0.717, 1.165) is 5.56 Å². The lowest BCUT2D eigenvalue weighted by molar-refractivity contribution is 0.628. The molecule has 6 heteroatoms. The van der Waals surface area contributed by atoms with Crippen LogP contribution >= 0.6 is 11.6 Å². The minimum Gasteiger partial charge on any atom is -0.281 e. The Labute approximate surface area is 148 Å². The summed E-state index contributed by atoms with van der Waals surface area (Å²) in [4.78, 5) is 4.63. The number of imidazole rings is 1. The second-order valence-electron chi connectivity index (χ2n) is 5.41. The van der Waals surface area contributed by atoms with Gasteiger partial charge < -0.3 is 0 Å². The van der Waals surface area contributed by atoms with Crippen LogP contribution < -0.4 is 0 Å². The van der Waals surface area contributed by atoms with Gasteiger partial charge in [-0.05, 0) is 24.3 Å². The number of azo groups is 1. The van der Waals surface area contributed by atoms with Crippen LogP contribution in [0.15, 0.2) is 83.2 Å². The molecule has 0 saturated carbocycles. The average molecular weight is 351 g/mol. The number of aromatic nitrogens is 2. The van der Waals surface area contributed by atoms with Crippen molar-refractivity contribution in [3.8, 4) is 11.3 Å². The molecule has 25 heavy (non-hydrogen) atoms. The van der Waals surface area contributed by atoms with E-state index in [2.05, 4.69) is 15.2 Å². The molecule has 0 spiro atoms. The number of halogens is 2. The van der Waals surface area contributed by atoms with Gasteiger partial charge in [-0.3, -0.25) is 4.40 Å². The van der Waals surface area contributed by atoms with Crippen molar-refractivity contribution in [1.82, 2.24) is 9.38 Å². The molecule has 0 N–H and O–H groups in total. The molecule has 0 aliphatic rings. The zero-order valence-corrected chi connectivity index (χ0v) is 13.7. The molecule has 2 heterocycles. The van der Waals surface area contributed by atoms with Gasteiger partial charge in [0.1, 0.15) is 17.2 Å². The van der Waals surface area contributed by atoms with E-state index in [4.69, 9.17) is 11.6 Å².